The minimum atomic E-state index is -0.259. The Balaban J connectivity index is 0.00000256. The van der Waals surface area contributed by atoms with Gasteiger partial charge in [-0.25, -0.2) is 19.2 Å². The van der Waals surface area contributed by atoms with Crippen LogP contribution in [-0.2, 0) is 12.8 Å². The maximum atomic E-state index is 13.2. The summed E-state index contributed by atoms with van der Waals surface area (Å²) in [6, 6.07) is 8.13. The third-order valence-corrected chi connectivity index (χ3v) is 4.85. The molecular weight excluding hydrogens is 407 g/mol. The first-order valence-electron chi connectivity index (χ1n) is 9.51. The fraction of sp³-hybridized carbons (Fsp3) is 0.286. The van der Waals surface area contributed by atoms with Crippen molar-refractivity contribution in [1.82, 2.24) is 25.3 Å². The van der Waals surface area contributed by atoms with Gasteiger partial charge in [-0.05, 0) is 23.6 Å². The Hall–Kier alpha value is -3.13. The molecule has 0 spiro atoms. The molecule has 0 saturated carbocycles. The number of halogens is 2. The van der Waals surface area contributed by atoms with Gasteiger partial charge in [0.1, 0.15) is 17.5 Å². The standard InChI is InChI=1S/C21H21FN6O.ClH/c1-14(15-2-4-16(22)5-3-15)10-19-26-17(11-18-13-23-6-7-24-18)12-20(27-19)28-9-8-25-21(28)29;/h2-7,12-14H,8-11H2,1H3,(H,25,29);1H/t14-;/m1./s1. The number of anilines is 1. The zero-order valence-electron chi connectivity index (χ0n) is 16.5. The largest absolute Gasteiger partial charge is 0.336 e. The summed E-state index contributed by atoms with van der Waals surface area (Å²) in [6.45, 7) is 3.20. The van der Waals surface area contributed by atoms with Gasteiger partial charge in [-0.1, -0.05) is 19.1 Å². The van der Waals surface area contributed by atoms with Crippen LogP contribution in [-0.4, -0.2) is 39.1 Å². The third kappa shape index (κ3) is 5.07. The average molecular weight is 429 g/mol. The van der Waals surface area contributed by atoms with Crippen molar-refractivity contribution < 1.29 is 9.18 Å². The number of urea groups is 1. The van der Waals surface area contributed by atoms with Gasteiger partial charge in [-0.15, -0.1) is 12.4 Å². The van der Waals surface area contributed by atoms with Crippen molar-refractivity contribution in [3.63, 3.8) is 0 Å². The molecule has 1 fully saturated rings. The molecule has 1 atom stereocenters. The van der Waals surface area contributed by atoms with E-state index >= 15 is 0 Å². The van der Waals surface area contributed by atoms with Crippen LogP contribution in [0.1, 0.15) is 35.6 Å². The van der Waals surface area contributed by atoms with E-state index in [2.05, 4.69) is 20.3 Å². The fourth-order valence-corrected chi connectivity index (χ4v) is 3.34. The number of nitrogens with zero attached hydrogens (tertiary/aromatic N) is 5. The van der Waals surface area contributed by atoms with Gasteiger partial charge in [-0.2, -0.15) is 0 Å². The SMILES string of the molecule is C[C@H](Cc1nc(Cc2cnccn2)cc(N2CCNC2=O)n1)c1ccc(F)cc1.Cl. The number of aromatic nitrogens is 4. The predicted octanol–water partition coefficient (Wildman–Crippen LogP) is 3.29. The third-order valence-electron chi connectivity index (χ3n) is 4.85. The molecule has 3 heterocycles. The van der Waals surface area contributed by atoms with E-state index in [9.17, 15) is 9.18 Å². The first kappa shape index (κ1) is 21.6. The van der Waals surface area contributed by atoms with Crippen LogP contribution >= 0.6 is 12.4 Å². The van der Waals surface area contributed by atoms with Crippen molar-refractivity contribution in [2.45, 2.75) is 25.7 Å². The van der Waals surface area contributed by atoms with E-state index in [0.29, 0.717) is 37.6 Å². The van der Waals surface area contributed by atoms with E-state index < -0.39 is 0 Å². The average Bonchev–Trinajstić information content (AvgIpc) is 3.15. The normalized spacial score (nSPS) is 14.2. The lowest BCUT2D eigenvalue weighted by Crippen LogP contribution is -2.29. The van der Waals surface area contributed by atoms with Crippen molar-refractivity contribution in [3.05, 3.63) is 77.5 Å². The van der Waals surface area contributed by atoms with E-state index in [4.69, 9.17) is 4.98 Å². The monoisotopic (exact) mass is 428 g/mol. The molecule has 1 saturated heterocycles. The van der Waals surface area contributed by atoms with Crippen LogP contribution in [0.5, 0.6) is 0 Å². The van der Waals surface area contributed by atoms with Gasteiger partial charge < -0.3 is 5.32 Å². The van der Waals surface area contributed by atoms with Gasteiger partial charge in [0, 0.05) is 50.6 Å². The first-order valence-corrected chi connectivity index (χ1v) is 9.51. The van der Waals surface area contributed by atoms with E-state index in [1.165, 1.54) is 12.1 Å². The summed E-state index contributed by atoms with van der Waals surface area (Å²) in [5, 5.41) is 2.80. The summed E-state index contributed by atoms with van der Waals surface area (Å²) in [4.78, 5) is 31.5. The number of carbonyl (C=O) groups is 1. The molecule has 0 bridgehead atoms. The van der Waals surface area contributed by atoms with Crippen molar-refractivity contribution in [1.29, 1.82) is 0 Å². The van der Waals surface area contributed by atoms with Crippen LogP contribution in [0.4, 0.5) is 15.0 Å². The molecule has 3 aromatic rings. The molecule has 0 radical (unpaired) electrons. The number of rotatable bonds is 6. The Morgan fingerprint density at radius 3 is 2.63 bits per heavy atom. The molecule has 2 amide bonds. The van der Waals surface area contributed by atoms with Crippen LogP contribution in [0.25, 0.3) is 0 Å². The highest BCUT2D eigenvalue weighted by molar-refractivity contribution is 5.93. The van der Waals surface area contributed by atoms with E-state index in [1.807, 2.05) is 13.0 Å². The molecule has 1 N–H and O–H groups in total. The van der Waals surface area contributed by atoms with Crippen molar-refractivity contribution in [2.75, 3.05) is 18.0 Å². The highest BCUT2D eigenvalue weighted by atomic mass is 35.5. The van der Waals surface area contributed by atoms with Crippen molar-refractivity contribution in [3.8, 4) is 0 Å². The second-order valence-electron chi connectivity index (χ2n) is 7.05. The molecule has 9 heteroatoms. The quantitative estimate of drug-likeness (QED) is 0.651. The van der Waals surface area contributed by atoms with Crippen LogP contribution in [0, 0.1) is 5.82 Å². The van der Waals surface area contributed by atoms with Gasteiger partial charge in [0.15, 0.2) is 0 Å². The summed E-state index contributed by atoms with van der Waals surface area (Å²) in [6.07, 6.45) is 6.03. The summed E-state index contributed by atoms with van der Waals surface area (Å²) >= 11 is 0. The predicted molar refractivity (Wildman–Crippen MR) is 113 cm³/mol. The number of hydrogen-bond donors (Lipinski definition) is 1. The van der Waals surface area contributed by atoms with Gasteiger partial charge in [0.2, 0.25) is 0 Å². The van der Waals surface area contributed by atoms with Crippen molar-refractivity contribution in [2.24, 2.45) is 0 Å². The molecule has 1 aromatic carbocycles. The summed E-state index contributed by atoms with van der Waals surface area (Å²) < 4.78 is 13.2. The van der Waals surface area contributed by atoms with Crippen LogP contribution in [0.15, 0.2) is 48.9 Å². The molecular formula is C21H22ClFN6O. The van der Waals surface area contributed by atoms with Crippen LogP contribution < -0.4 is 10.2 Å². The van der Waals surface area contributed by atoms with Gasteiger partial charge >= 0.3 is 6.03 Å². The minimum absolute atomic E-state index is 0. The number of nitrogens with one attached hydrogen (secondary N) is 1. The van der Waals surface area contributed by atoms with E-state index in [0.717, 1.165) is 17.0 Å². The molecule has 0 aliphatic carbocycles. The van der Waals surface area contributed by atoms with E-state index in [1.54, 1.807) is 35.6 Å². The Bertz CT molecular complexity index is 1000. The van der Waals surface area contributed by atoms with Crippen LogP contribution in [0.2, 0.25) is 0 Å². The summed E-state index contributed by atoms with van der Waals surface area (Å²) in [7, 11) is 0. The number of hydrogen-bond acceptors (Lipinski definition) is 5. The number of amides is 2. The zero-order valence-corrected chi connectivity index (χ0v) is 17.3. The summed E-state index contributed by atoms with van der Waals surface area (Å²) in [5.41, 5.74) is 2.58. The topological polar surface area (TPSA) is 83.9 Å². The molecule has 7 nitrogen and oxygen atoms in total. The molecule has 1 aliphatic rings. The highest BCUT2D eigenvalue weighted by Gasteiger charge is 2.24. The Morgan fingerprint density at radius 1 is 1.17 bits per heavy atom. The van der Waals surface area contributed by atoms with Gasteiger partial charge in [0.25, 0.3) is 0 Å². The fourth-order valence-electron chi connectivity index (χ4n) is 3.34. The molecule has 4 rings (SSSR count). The first-order chi connectivity index (χ1) is 14.1. The lowest BCUT2D eigenvalue weighted by Gasteiger charge is -2.17. The smallest absolute Gasteiger partial charge is 0.323 e. The second-order valence-corrected chi connectivity index (χ2v) is 7.05. The number of carbonyl (C=O) groups excluding carboxylic acids is 1. The maximum Gasteiger partial charge on any atom is 0.323 e. The van der Waals surface area contributed by atoms with E-state index in [-0.39, 0.29) is 30.2 Å². The summed E-state index contributed by atoms with van der Waals surface area (Å²) in [5.74, 6) is 1.06. The maximum absolute atomic E-state index is 13.2. The Morgan fingerprint density at radius 2 is 1.97 bits per heavy atom. The lowest BCUT2D eigenvalue weighted by atomic mass is 9.97. The highest BCUT2D eigenvalue weighted by Crippen LogP contribution is 2.22. The molecule has 1 aliphatic heterocycles. The minimum Gasteiger partial charge on any atom is -0.336 e. The number of benzene rings is 1. The van der Waals surface area contributed by atoms with Gasteiger partial charge in [-0.3, -0.25) is 14.9 Å². The Kier molecular flexibility index (Phi) is 6.89. The lowest BCUT2D eigenvalue weighted by molar-refractivity contribution is 0.252. The molecule has 0 unspecified atom stereocenters. The molecule has 30 heavy (non-hydrogen) atoms. The van der Waals surface area contributed by atoms with Crippen LogP contribution in [0.3, 0.4) is 0 Å². The Labute approximate surface area is 180 Å². The van der Waals surface area contributed by atoms with Crippen molar-refractivity contribution >= 4 is 24.3 Å². The van der Waals surface area contributed by atoms with Gasteiger partial charge in [0.05, 0.1) is 11.4 Å². The molecule has 156 valence electrons. The zero-order chi connectivity index (χ0) is 20.2. The molecule has 2 aromatic heterocycles. The second kappa shape index (κ2) is 9.58.